The number of ether oxygens (including phenoxy) is 1. The van der Waals surface area contributed by atoms with Crippen molar-refractivity contribution >= 4 is 0 Å². The molecule has 0 aromatic heterocycles. The van der Waals surface area contributed by atoms with Gasteiger partial charge in [-0.2, -0.15) is 0 Å². The zero-order valence-corrected chi connectivity index (χ0v) is 11.4. The maximum absolute atomic E-state index is 13.5. The van der Waals surface area contributed by atoms with Crippen LogP contribution in [0, 0.1) is 5.82 Å². The van der Waals surface area contributed by atoms with E-state index in [1.807, 2.05) is 30.3 Å². The highest BCUT2D eigenvalue weighted by atomic mass is 19.1. The van der Waals surface area contributed by atoms with Crippen LogP contribution < -0.4 is 10.1 Å². The Bertz CT molecular complexity index is 572. The van der Waals surface area contributed by atoms with Crippen LogP contribution in [0.4, 0.5) is 4.39 Å². The minimum absolute atomic E-state index is 0.0392. The fourth-order valence-corrected chi connectivity index (χ4v) is 2.01. The molecule has 2 aromatic rings. The van der Waals surface area contributed by atoms with E-state index in [1.165, 1.54) is 13.2 Å². The van der Waals surface area contributed by atoms with Gasteiger partial charge in [-0.3, -0.25) is 0 Å². The van der Waals surface area contributed by atoms with Crippen LogP contribution >= 0.6 is 0 Å². The van der Waals surface area contributed by atoms with E-state index < -0.39 is 0 Å². The van der Waals surface area contributed by atoms with Crippen molar-refractivity contribution in [1.29, 1.82) is 0 Å². The largest absolute Gasteiger partial charge is 0.494 e. The Morgan fingerprint density at radius 3 is 2.40 bits per heavy atom. The second-order valence-corrected chi connectivity index (χ2v) is 4.55. The third-order valence-corrected chi connectivity index (χ3v) is 3.05. The summed E-state index contributed by atoms with van der Waals surface area (Å²) < 4.78 is 18.4. The predicted molar refractivity (Wildman–Crippen MR) is 75.9 cm³/mol. The van der Waals surface area contributed by atoms with Crippen LogP contribution in [0.25, 0.3) is 0 Å². The molecule has 2 N–H and O–H groups in total. The van der Waals surface area contributed by atoms with Crippen LogP contribution in [0.5, 0.6) is 5.75 Å². The SMILES string of the molecule is COc1ccc(CNCc2cccc(CO)c2)cc1F. The molecule has 0 amide bonds. The van der Waals surface area contributed by atoms with Gasteiger partial charge in [-0.05, 0) is 28.8 Å². The van der Waals surface area contributed by atoms with Crippen molar-refractivity contribution in [3.63, 3.8) is 0 Å². The number of aliphatic hydroxyl groups excluding tert-OH is 1. The van der Waals surface area contributed by atoms with E-state index in [0.717, 1.165) is 16.7 Å². The molecule has 3 nitrogen and oxygen atoms in total. The van der Waals surface area contributed by atoms with Crippen LogP contribution in [0.2, 0.25) is 0 Å². The molecule has 0 fully saturated rings. The number of aliphatic hydroxyl groups is 1. The van der Waals surface area contributed by atoms with Crippen LogP contribution in [0.1, 0.15) is 16.7 Å². The molecule has 0 saturated heterocycles. The molecule has 20 heavy (non-hydrogen) atoms. The summed E-state index contributed by atoms with van der Waals surface area (Å²) in [4.78, 5) is 0. The topological polar surface area (TPSA) is 41.5 Å². The molecule has 0 heterocycles. The monoisotopic (exact) mass is 275 g/mol. The molecule has 0 radical (unpaired) electrons. The summed E-state index contributed by atoms with van der Waals surface area (Å²) in [5.41, 5.74) is 2.84. The Kier molecular flexibility index (Phi) is 5.09. The molecule has 2 aromatic carbocycles. The number of benzene rings is 2. The number of hydrogen-bond acceptors (Lipinski definition) is 3. The van der Waals surface area contributed by atoms with Crippen molar-refractivity contribution < 1.29 is 14.2 Å². The smallest absolute Gasteiger partial charge is 0.165 e. The van der Waals surface area contributed by atoms with Gasteiger partial charge in [0.1, 0.15) is 0 Å². The van der Waals surface area contributed by atoms with Gasteiger partial charge in [-0.15, -0.1) is 0 Å². The van der Waals surface area contributed by atoms with Crippen molar-refractivity contribution in [2.75, 3.05) is 7.11 Å². The van der Waals surface area contributed by atoms with Gasteiger partial charge in [0.25, 0.3) is 0 Å². The van der Waals surface area contributed by atoms with Gasteiger partial charge in [0.2, 0.25) is 0 Å². The van der Waals surface area contributed by atoms with Crippen LogP contribution in [-0.4, -0.2) is 12.2 Å². The highest BCUT2D eigenvalue weighted by Crippen LogP contribution is 2.17. The van der Waals surface area contributed by atoms with Gasteiger partial charge >= 0.3 is 0 Å². The van der Waals surface area contributed by atoms with Crippen LogP contribution in [-0.2, 0) is 19.7 Å². The summed E-state index contributed by atoms with van der Waals surface area (Å²) in [6.45, 7) is 1.28. The van der Waals surface area contributed by atoms with E-state index in [9.17, 15) is 4.39 Å². The lowest BCUT2D eigenvalue weighted by Crippen LogP contribution is -2.13. The van der Waals surface area contributed by atoms with E-state index in [0.29, 0.717) is 13.1 Å². The summed E-state index contributed by atoms with van der Waals surface area (Å²) >= 11 is 0. The lowest BCUT2D eigenvalue weighted by atomic mass is 10.1. The average molecular weight is 275 g/mol. The second-order valence-electron chi connectivity index (χ2n) is 4.55. The first-order valence-electron chi connectivity index (χ1n) is 6.44. The molecular formula is C16H18FNO2. The van der Waals surface area contributed by atoms with E-state index in [1.54, 1.807) is 6.07 Å². The molecule has 4 heteroatoms. The fraction of sp³-hybridized carbons (Fsp3) is 0.250. The summed E-state index contributed by atoms with van der Waals surface area (Å²) in [6.07, 6.45) is 0. The van der Waals surface area contributed by atoms with Crippen LogP contribution in [0.15, 0.2) is 42.5 Å². The molecule has 0 spiro atoms. The number of nitrogens with one attached hydrogen (secondary N) is 1. The Hall–Kier alpha value is -1.91. The number of halogens is 1. The van der Waals surface area contributed by atoms with Gasteiger partial charge < -0.3 is 15.2 Å². The number of methoxy groups -OCH3 is 1. The van der Waals surface area contributed by atoms with Gasteiger partial charge in [-0.25, -0.2) is 4.39 Å². The van der Waals surface area contributed by atoms with E-state index in [-0.39, 0.29) is 18.2 Å². The van der Waals surface area contributed by atoms with Crippen molar-refractivity contribution in [2.45, 2.75) is 19.7 Å². The second kappa shape index (κ2) is 7.03. The Balaban J connectivity index is 1.90. The van der Waals surface area contributed by atoms with E-state index in [2.05, 4.69) is 5.32 Å². The summed E-state index contributed by atoms with van der Waals surface area (Å²) in [5, 5.41) is 12.3. The molecule has 0 aliphatic heterocycles. The zero-order valence-electron chi connectivity index (χ0n) is 11.4. The Morgan fingerprint density at radius 1 is 1.05 bits per heavy atom. The highest BCUT2D eigenvalue weighted by molar-refractivity contribution is 5.29. The molecule has 2 rings (SSSR count). The molecular weight excluding hydrogens is 257 g/mol. The van der Waals surface area contributed by atoms with E-state index in [4.69, 9.17) is 9.84 Å². The van der Waals surface area contributed by atoms with Crippen LogP contribution in [0.3, 0.4) is 0 Å². The minimum atomic E-state index is -0.353. The summed E-state index contributed by atoms with van der Waals surface area (Å²) in [5.74, 6) is -0.0986. The molecule has 0 bridgehead atoms. The van der Waals surface area contributed by atoms with Crippen molar-refractivity contribution in [2.24, 2.45) is 0 Å². The Labute approximate surface area is 118 Å². The normalized spacial score (nSPS) is 10.6. The standard InChI is InChI=1S/C16H18FNO2/c1-20-16-6-5-13(8-15(16)17)10-18-9-12-3-2-4-14(7-12)11-19/h2-8,18-19H,9-11H2,1H3. The summed E-state index contributed by atoms with van der Waals surface area (Å²) in [6, 6.07) is 12.6. The maximum atomic E-state index is 13.5. The first-order valence-corrected chi connectivity index (χ1v) is 6.44. The quantitative estimate of drug-likeness (QED) is 0.851. The molecule has 106 valence electrons. The third kappa shape index (κ3) is 3.79. The molecule has 0 aliphatic carbocycles. The van der Waals surface area contributed by atoms with Gasteiger partial charge in [0, 0.05) is 13.1 Å². The van der Waals surface area contributed by atoms with Gasteiger partial charge in [0.15, 0.2) is 11.6 Å². The predicted octanol–water partition coefficient (Wildman–Crippen LogP) is 2.62. The Morgan fingerprint density at radius 2 is 1.75 bits per heavy atom. The highest BCUT2D eigenvalue weighted by Gasteiger charge is 2.03. The first kappa shape index (κ1) is 14.5. The number of rotatable bonds is 6. The lowest BCUT2D eigenvalue weighted by Gasteiger charge is -2.08. The molecule has 0 saturated carbocycles. The summed E-state index contributed by atoms with van der Waals surface area (Å²) in [7, 11) is 1.45. The van der Waals surface area contributed by atoms with Gasteiger partial charge in [-0.1, -0.05) is 30.3 Å². The maximum Gasteiger partial charge on any atom is 0.165 e. The molecule has 0 aliphatic rings. The minimum Gasteiger partial charge on any atom is -0.494 e. The van der Waals surface area contributed by atoms with Crippen molar-refractivity contribution in [3.8, 4) is 5.75 Å². The lowest BCUT2D eigenvalue weighted by molar-refractivity contribution is 0.281. The molecule has 0 unspecified atom stereocenters. The van der Waals surface area contributed by atoms with Gasteiger partial charge in [0.05, 0.1) is 13.7 Å². The van der Waals surface area contributed by atoms with Crippen molar-refractivity contribution in [1.82, 2.24) is 5.32 Å². The zero-order chi connectivity index (χ0) is 14.4. The fourth-order valence-electron chi connectivity index (χ4n) is 2.01. The number of hydrogen-bond donors (Lipinski definition) is 2. The first-order chi connectivity index (χ1) is 9.72. The third-order valence-electron chi connectivity index (χ3n) is 3.05. The van der Waals surface area contributed by atoms with E-state index >= 15 is 0 Å². The van der Waals surface area contributed by atoms with Crippen molar-refractivity contribution in [3.05, 3.63) is 65.0 Å². The average Bonchev–Trinajstić information content (AvgIpc) is 2.48. The molecule has 0 atom stereocenters.